The molecule has 3 rings (SSSR count). The zero-order valence-corrected chi connectivity index (χ0v) is 14.2. The van der Waals surface area contributed by atoms with Crippen molar-refractivity contribution in [2.24, 2.45) is 0 Å². The van der Waals surface area contributed by atoms with Crippen LogP contribution < -0.4 is 4.90 Å². The van der Waals surface area contributed by atoms with Crippen molar-refractivity contribution in [2.45, 2.75) is 13.8 Å². The summed E-state index contributed by atoms with van der Waals surface area (Å²) in [6.45, 7) is 6.05. The van der Waals surface area contributed by atoms with Gasteiger partial charge in [0, 0.05) is 31.9 Å². The number of rotatable bonds is 2. The van der Waals surface area contributed by atoms with Crippen LogP contribution in [0.2, 0.25) is 0 Å². The van der Waals surface area contributed by atoms with E-state index in [2.05, 4.69) is 17.0 Å². The molecular weight excluding hydrogens is 329 g/mol. The highest BCUT2D eigenvalue weighted by molar-refractivity contribution is 5.94. The second-order valence-electron chi connectivity index (χ2n) is 6.29. The Kier molecular flexibility index (Phi) is 4.70. The highest BCUT2D eigenvalue weighted by atomic mass is 19.2. The number of carbonyl (C=O) groups excluding carboxylic acids is 1. The number of amides is 1. The van der Waals surface area contributed by atoms with E-state index < -0.39 is 28.9 Å². The first-order chi connectivity index (χ1) is 11.9. The van der Waals surface area contributed by atoms with Crippen LogP contribution in [0.4, 0.5) is 18.9 Å². The van der Waals surface area contributed by atoms with Gasteiger partial charge >= 0.3 is 0 Å². The lowest BCUT2D eigenvalue weighted by atomic mass is 10.1. The van der Waals surface area contributed by atoms with Crippen molar-refractivity contribution in [3.63, 3.8) is 0 Å². The normalized spacial score (nSPS) is 14.8. The van der Waals surface area contributed by atoms with Gasteiger partial charge in [0.05, 0.1) is 5.56 Å². The van der Waals surface area contributed by atoms with Crippen LogP contribution in [0.1, 0.15) is 21.5 Å². The summed E-state index contributed by atoms with van der Waals surface area (Å²) < 4.78 is 40.2. The zero-order valence-electron chi connectivity index (χ0n) is 14.2. The number of benzene rings is 2. The van der Waals surface area contributed by atoms with Crippen molar-refractivity contribution in [1.29, 1.82) is 0 Å². The van der Waals surface area contributed by atoms with Crippen LogP contribution in [0.3, 0.4) is 0 Å². The fourth-order valence-electron chi connectivity index (χ4n) is 3.17. The SMILES string of the molecule is Cc1ccc(N2CCN(C(=O)c3ccc(F)c(F)c3F)CC2)c(C)c1. The molecule has 1 heterocycles. The van der Waals surface area contributed by atoms with Gasteiger partial charge in [-0.05, 0) is 37.6 Å². The number of nitrogens with zero attached hydrogens (tertiary/aromatic N) is 2. The van der Waals surface area contributed by atoms with Crippen LogP contribution in [0.25, 0.3) is 0 Å². The van der Waals surface area contributed by atoms with Crippen molar-refractivity contribution in [3.05, 3.63) is 64.5 Å². The maximum atomic E-state index is 13.8. The van der Waals surface area contributed by atoms with E-state index >= 15 is 0 Å². The third-order valence-electron chi connectivity index (χ3n) is 4.53. The van der Waals surface area contributed by atoms with E-state index in [9.17, 15) is 18.0 Å². The minimum Gasteiger partial charge on any atom is -0.368 e. The summed E-state index contributed by atoms with van der Waals surface area (Å²) in [5, 5.41) is 0. The molecule has 1 aliphatic heterocycles. The predicted molar refractivity (Wildman–Crippen MR) is 90.3 cm³/mol. The highest BCUT2D eigenvalue weighted by Crippen LogP contribution is 2.23. The summed E-state index contributed by atoms with van der Waals surface area (Å²) >= 11 is 0. The summed E-state index contributed by atoms with van der Waals surface area (Å²) in [5.74, 6) is -4.95. The van der Waals surface area contributed by atoms with Crippen LogP contribution >= 0.6 is 0 Å². The van der Waals surface area contributed by atoms with E-state index in [0.29, 0.717) is 26.2 Å². The van der Waals surface area contributed by atoms with E-state index in [1.54, 1.807) is 0 Å². The third kappa shape index (κ3) is 3.34. The zero-order chi connectivity index (χ0) is 18.1. The van der Waals surface area contributed by atoms with Gasteiger partial charge in [0.2, 0.25) is 0 Å². The molecule has 1 fully saturated rings. The number of piperazine rings is 1. The van der Waals surface area contributed by atoms with Gasteiger partial charge in [-0.15, -0.1) is 0 Å². The van der Waals surface area contributed by atoms with Crippen LogP contribution in [0, 0.1) is 31.3 Å². The number of carbonyl (C=O) groups is 1. The molecule has 0 aliphatic carbocycles. The molecule has 2 aromatic rings. The average molecular weight is 348 g/mol. The fourth-order valence-corrected chi connectivity index (χ4v) is 3.17. The number of aryl methyl sites for hydroxylation is 2. The van der Waals surface area contributed by atoms with Crippen molar-refractivity contribution in [1.82, 2.24) is 4.90 Å². The smallest absolute Gasteiger partial charge is 0.257 e. The Morgan fingerprint density at radius 3 is 2.24 bits per heavy atom. The summed E-state index contributed by atoms with van der Waals surface area (Å²) in [6.07, 6.45) is 0. The van der Waals surface area contributed by atoms with E-state index in [1.807, 2.05) is 19.9 Å². The van der Waals surface area contributed by atoms with Crippen molar-refractivity contribution < 1.29 is 18.0 Å². The molecule has 0 radical (unpaired) electrons. The minimum absolute atomic E-state index is 0.393. The first-order valence-corrected chi connectivity index (χ1v) is 8.13. The number of halogens is 3. The Balaban J connectivity index is 1.72. The molecule has 2 aromatic carbocycles. The van der Waals surface area contributed by atoms with Crippen LogP contribution in [0.5, 0.6) is 0 Å². The van der Waals surface area contributed by atoms with Crippen molar-refractivity contribution >= 4 is 11.6 Å². The Morgan fingerprint density at radius 1 is 0.920 bits per heavy atom. The van der Waals surface area contributed by atoms with Crippen molar-refractivity contribution in [2.75, 3.05) is 31.1 Å². The standard InChI is InChI=1S/C19H19F3N2O/c1-12-3-6-16(13(2)11-12)23-7-9-24(10-8-23)19(25)14-4-5-15(20)18(22)17(14)21/h3-6,11H,7-10H2,1-2H3. The van der Waals surface area contributed by atoms with Crippen LogP contribution in [-0.4, -0.2) is 37.0 Å². The highest BCUT2D eigenvalue weighted by Gasteiger charge is 2.26. The van der Waals surface area contributed by atoms with E-state index in [4.69, 9.17) is 0 Å². The Hall–Kier alpha value is -2.50. The van der Waals surface area contributed by atoms with Gasteiger partial charge in [0.15, 0.2) is 17.5 Å². The first-order valence-electron chi connectivity index (χ1n) is 8.13. The molecule has 0 spiro atoms. The molecular formula is C19H19F3N2O. The predicted octanol–water partition coefficient (Wildman–Crippen LogP) is 3.68. The molecule has 1 aliphatic rings. The molecule has 1 saturated heterocycles. The average Bonchev–Trinajstić information content (AvgIpc) is 2.60. The van der Waals surface area contributed by atoms with Gasteiger partial charge in [-0.1, -0.05) is 17.7 Å². The molecule has 0 aromatic heterocycles. The lowest BCUT2D eigenvalue weighted by molar-refractivity contribution is 0.0740. The van der Waals surface area contributed by atoms with Crippen molar-refractivity contribution in [3.8, 4) is 0 Å². The van der Waals surface area contributed by atoms with Gasteiger partial charge in [0.1, 0.15) is 0 Å². The Labute approximate surface area is 144 Å². The van der Waals surface area contributed by atoms with E-state index in [1.165, 1.54) is 10.5 Å². The molecule has 0 bridgehead atoms. The van der Waals surface area contributed by atoms with Gasteiger partial charge in [-0.25, -0.2) is 13.2 Å². The Bertz CT molecular complexity index is 815. The number of anilines is 1. The molecule has 6 heteroatoms. The molecule has 0 saturated carbocycles. The molecule has 3 nitrogen and oxygen atoms in total. The molecule has 25 heavy (non-hydrogen) atoms. The monoisotopic (exact) mass is 348 g/mol. The summed E-state index contributed by atoms with van der Waals surface area (Å²) in [4.78, 5) is 16.1. The maximum Gasteiger partial charge on any atom is 0.257 e. The van der Waals surface area contributed by atoms with Gasteiger partial charge < -0.3 is 9.80 Å². The summed E-state index contributed by atoms with van der Waals surface area (Å²) in [7, 11) is 0. The van der Waals surface area contributed by atoms with E-state index in [-0.39, 0.29) is 0 Å². The molecule has 132 valence electrons. The Morgan fingerprint density at radius 2 is 1.60 bits per heavy atom. The second kappa shape index (κ2) is 6.78. The first kappa shape index (κ1) is 17.3. The maximum absolute atomic E-state index is 13.8. The fraction of sp³-hybridized carbons (Fsp3) is 0.316. The number of hydrogen-bond acceptors (Lipinski definition) is 2. The molecule has 0 N–H and O–H groups in total. The lowest BCUT2D eigenvalue weighted by Gasteiger charge is -2.37. The quantitative estimate of drug-likeness (QED) is 0.773. The summed E-state index contributed by atoms with van der Waals surface area (Å²) in [5.41, 5.74) is 3.02. The molecule has 1 amide bonds. The lowest BCUT2D eigenvalue weighted by Crippen LogP contribution is -2.49. The third-order valence-corrected chi connectivity index (χ3v) is 4.53. The van der Waals surface area contributed by atoms with Gasteiger partial charge in [0.25, 0.3) is 5.91 Å². The largest absolute Gasteiger partial charge is 0.368 e. The van der Waals surface area contributed by atoms with Gasteiger partial charge in [-0.2, -0.15) is 0 Å². The molecule has 0 atom stereocenters. The minimum atomic E-state index is -1.61. The van der Waals surface area contributed by atoms with E-state index in [0.717, 1.165) is 23.4 Å². The van der Waals surface area contributed by atoms with Crippen LogP contribution in [-0.2, 0) is 0 Å². The number of hydrogen-bond donors (Lipinski definition) is 0. The molecule has 0 unspecified atom stereocenters. The second-order valence-corrected chi connectivity index (χ2v) is 6.29. The van der Waals surface area contributed by atoms with Gasteiger partial charge in [-0.3, -0.25) is 4.79 Å². The van der Waals surface area contributed by atoms with Crippen LogP contribution in [0.15, 0.2) is 30.3 Å². The topological polar surface area (TPSA) is 23.6 Å². The summed E-state index contributed by atoms with van der Waals surface area (Å²) in [6, 6.07) is 7.96.